The maximum atomic E-state index is 13.6. The van der Waals surface area contributed by atoms with Crippen LogP contribution >= 0.6 is 0 Å². The summed E-state index contributed by atoms with van der Waals surface area (Å²) in [5.41, 5.74) is -0.717. The minimum Gasteiger partial charge on any atom is -0.452 e. The quantitative estimate of drug-likeness (QED) is 0.872. The zero-order chi connectivity index (χ0) is 17.7. The smallest absolute Gasteiger partial charge is 0.341 e. The number of carbonyl (C=O) groups excluding carboxylic acids is 2. The Morgan fingerprint density at radius 3 is 2.46 bits per heavy atom. The van der Waals surface area contributed by atoms with E-state index in [2.05, 4.69) is 10.1 Å². The maximum Gasteiger partial charge on any atom is 0.341 e. The van der Waals surface area contributed by atoms with E-state index in [1.165, 1.54) is 6.07 Å². The third-order valence-electron chi connectivity index (χ3n) is 2.86. The van der Waals surface area contributed by atoms with Gasteiger partial charge in [-0.2, -0.15) is 5.26 Å². The van der Waals surface area contributed by atoms with E-state index in [4.69, 9.17) is 5.26 Å². The third-order valence-corrected chi connectivity index (χ3v) is 2.86. The van der Waals surface area contributed by atoms with Crippen LogP contribution in [0.25, 0.3) is 0 Å². The molecule has 0 saturated heterocycles. The number of nitriles is 1. The number of carbonyl (C=O) groups is 2. The molecule has 1 N–H and O–H groups in total. The Morgan fingerprint density at radius 2 is 1.83 bits per heavy atom. The van der Waals surface area contributed by atoms with Gasteiger partial charge in [0.2, 0.25) is 0 Å². The Labute approximate surface area is 134 Å². The van der Waals surface area contributed by atoms with Crippen molar-refractivity contribution >= 4 is 17.6 Å². The zero-order valence-electron chi connectivity index (χ0n) is 12.0. The minimum atomic E-state index is -1.12. The first kappa shape index (κ1) is 17.0. The van der Waals surface area contributed by atoms with Crippen molar-refractivity contribution in [2.75, 3.05) is 11.9 Å². The summed E-state index contributed by atoms with van der Waals surface area (Å²) in [7, 11) is 0. The number of hydrogen-bond acceptors (Lipinski definition) is 4. The van der Waals surface area contributed by atoms with Crippen LogP contribution in [0.15, 0.2) is 36.4 Å². The Balaban J connectivity index is 1.96. The molecule has 2 aromatic carbocycles. The fourth-order valence-corrected chi connectivity index (χ4v) is 1.74. The molecule has 0 atom stereocenters. The van der Waals surface area contributed by atoms with E-state index in [-0.39, 0.29) is 11.3 Å². The predicted molar refractivity (Wildman–Crippen MR) is 76.4 cm³/mol. The third kappa shape index (κ3) is 4.10. The van der Waals surface area contributed by atoms with Gasteiger partial charge in [0.05, 0.1) is 22.9 Å². The summed E-state index contributed by atoms with van der Waals surface area (Å²) in [4.78, 5) is 23.3. The van der Waals surface area contributed by atoms with E-state index in [0.717, 1.165) is 24.3 Å². The summed E-state index contributed by atoms with van der Waals surface area (Å²) in [6.07, 6.45) is 0. The van der Waals surface area contributed by atoms with Crippen LogP contribution in [0.3, 0.4) is 0 Å². The molecular weight excluding hydrogens is 325 g/mol. The van der Waals surface area contributed by atoms with Crippen molar-refractivity contribution in [1.29, 1.82) is 5.26 Å². The van der Waals surface area contributed by atoms with Gasteiger partial charge in [-0.15, -0.1) is 0 Å². The van der Waals surface area contributed by atoms with Gasteiger partial charge in [-0.1, -0.05) is 0 Å². The topological polar surface area (TPSA) is 79.2 Å². The normalized spacial score (nSPS) is 9.92. The molecule has 0 fully saturated rings. The number of halogens is 3. The summed E-state index contributed by atoms with van der Waals surface area (Å²) in [5.74, 6) is -4.78. The van der Waals surface area contributed by atoms with Gasteiger partial charge in [-0.3, -0.25) is 4.79 Å². The van der Waals surface area contributed by atoms with Gasteiger partial charge in [0.1, 0.15) is 17.5 Å². The first-order valence-electron chi connectivity index (χ1n) is 6.52. The van der Waals surface area contributed by atoms with Gasteiger partial charge in [0.15, 0.2) is 6.61 Å². The minimum absolute atomic E-state index is 0.0218. The molecule has 0 aliphatic rings. The lowest BCUT2D eigenvalue weighted by Gasteiger charge is -2.08. The average molecular weight is 334 g/mol. The van der Waals surface area contributed by atoms with Gasteiger partial charge >= 0.3 is 5.97 Å². The van der Waals surface area contributed by atoms with E-state index in [1.807, 2.05) is 0 Å². The molecular formula is C16H9F3N2O3. The van der Waals surface area contributed by atoms with Crippen molar-refractivity contribution in [2.24, 2.45) is 0 Å². The highest BCUT2D eigenvalue weighted by atomic mass is 19.1. The second-order valence-corrected chi connectivity index (χ2v) is 4.55. The Morgan fingerprint density at radius 1 is 1.08 bits per heavy atom. The van der Waals surface area contributed by atoms with Crippen molar-refractivity contribution in [3.8, 4) is 6.07 Å². The molecule has 0 unspecified atom stereocenters. The molecule has 2 aromatic rings. The molecule has 0 heterocycles. The van der Waals surface area contributed by atoms with E-state index >= 15 is 0 Å². The molecule has 8 heteroatoms. The second kappa shape index (κ2) is 7.28. The molecule has 122 valence electrons. The van der Waals surface area contributed by atoms with Crippen LogP contribution in [-0.4, -0.2) is 18.5 Å². The van der Waals surface area contributed by atoms with Crippen molar-refractivity contribution in [2.45, 2.75) is 0 Å². The summed E-state index contributed by atoms with van der Waals surface area (Å²) in [5, 5.41) is 10.7. The number of amides is 1. The lowest BCUT2D eigenvalue weighted by molar-refractivity contribution is -0.119. The number of hydrogen-bond donors (Lipinski definition) is 1. The number of nitrogens with one attached hydrogen (secondary N) is 1. The van der Waals surface area contributed by atoms with Crippen LogP contribution in [0.2, 0.25) is 0 Å². The second-order valence-electron chi connectivity index (χ2n) is 4.55. The molecule has 0 aliphatic heterocycles. The van der Waals surface area contributed by atoms with E-state index < -0.39 is 41.5 Å². The molecule has 0 spiro atoms. The van der Waals surface area contributed by atoms with Gasteiger partial charge in [-0.05, 0) is 30.3 Å². The van der Waals surface area contributed by atoms with Crippen LogP contribution in [0.5, 0.6) is 0 Å². The van der Waals surface area contributed by atoms with Crippen LogP contribution in [0.4, 0.5) is 18.9 Å². The monoisotopic (exact) mass is 334 g/mol. The number of nitrogens with zero attached hydrogens (tertiary/aromatic N) is 1. The van der Waals surface area contributed by atoms with E-state index in [1.54, 1.807) is 6.07 Å². The number of anilines is 1. The molecule has 24 heavy (non-hydrogen) atoms. The van der Waals surface area contributed by atoms with Gasteiger partial charge in [0, 0.05) is 6.07 Å². The molecule has 0 aliphatic carbocycles. The lowest BCUT2D eigenvalue weighted by atomic mass is 10.1. The largest absolute Gasteiger partial charge is 0.452 e. The predicted octanol–water partition coefficient (Wildman–Crippen LogP) is 2.77. The number of esters is 1. The highest BCUT2D eigenvalue weighted by molar-refractivity contribution is 5.95. The lowest BCUT2D eigenvalue weighted by Crippen LogP contribution is -2.22. The highest BCUT2D eigenvalue weighted by Crippen LogP contribution is 2.15. The Bertz CT molecular complexity index is 847. The zero-order valence-corrected chi connectivity index (χ0v) is 12.0. The van der Waals surface area contributed by atoms with Crippen molar-refractivity contribution in [3.05, 3.63) is 65.0 Å². The first-order valence-corrected chi connectivity index (χ1v) is 6.52. The van der Waals surface area contributed by atoms with Gasteiger partial charge < -0.3 is 10.1 Å². The highest BCUT2D eigenvalue weighted by Gasteiger charge is 2.16. The van der Waals surface area contributed by atoms with Crippen LogP contribution < -0.4 is 5.32 Å². The molecule has 0 radical (unpaired) electrons. The number of rotatable bonds is 4. The molecule has 0 bridgehead atoms. The fraction of sp³-hybridized carbons (Fsp3) is 0.0625. The summed E-state index contributed by atoms with van der Waals surface area (Å²) in [6.45, 7) is -0.797. The standard InChI is InChI=1S/C16H9F3N2O3/c17-10-2-4-14(13(19)6-10)21-15(22)8-24-16(23)11-3-1-9(7-20)5-12(11)18/h1-6H,8H2,(H,21,22). The summed E-state index contributed by atoms with van der Waals surface area (Å²) in [6, 6.07) is 7.34. The summed E-state index contributed by atoms with van der Waals surface area (Å²) >= 11 is 0. The Hall–Kier alpha value is -3.34. The number of ether oxygens (including phenoxy) is 1. The SMILES string of the molecule is N#Cc1ccc(C(=O)OCC(=O)Nc2ccc(F)cc2F)c(F)c1. The first-order chi connectivity index (χ1) is 11.4. The van der Waals surface area contributed by atoms with Gasteiger partial charge in [-0.25, -0.2) is 18.0 Å². The summed E-state index contributed by atoms with van der Waals surface area (Å²) < 4.78 is 44.3. The van der Waals surface area contributed by atoms with E-state index in [9.17, 15) is 22.8 Å². The van der Waals surface area contributed by atoms with E-state index in [0.29, 0.717) is 6.07 Å². The fourth-order valence-electron chi connectivity index (χ4n) is 1.74. The van der Waals surface area contributed by atoms with Crippen LogP contribution in [-0.2, 0) is 9.53 Å². The molecule has 0 aromatic heterocycles. The number of benzene rings is 2. The van der Waals surface area contributed by atoms with Crippen molar-refractivity contribution in [1.82, 2.24) is 0 Å². The van der Waals surface area contributed by atoms with Crippen LogP contribution in [0, 0.1) is 28.8 Å². The molecule has 0 saturated carbocycles. The van der Waals surface area contributed by atoms with Crippen molar-refractivity contribution in [3.63, 3.8) is 0 Å². The molecule has 1 amide bonds. The Kier molecular flexibility index (Phi) is 5.16. The van der Waals surface area contributed by atoms with Gasteiger partial charge in [0.25, 0.3) is 5.91 Å². The molecule has 2 rings (SSSR count). The maximum absolute atomic E-state index is 13.6. The van der Waals surface area contributed by atoms with Crippen LogP contribution in [0.1, 0.15) is 15.9 Å². The molecule has 5 nitrogen and oxygen atoms in total. The average Bonchev–Trinajstić information content (AvgIpc) is 2.55. The van der Waals surface area contributed by atoms with Crippen molar-refractivity contribution < 1.29 is 27.5 Å².